The van der Waals surface area contributed by atoms with Crippen molar-refractivity contribution in [3.63, 3.8) is 0 Å². The van der Waals surface area contributed by atoms with E-state index in [0.29, 0.717) is 17.2 Å². The maximum absolute atomic E-state index is 14.4. The molecule has 2 amide bonds. The van der Waals surface area contributed by atoms with Crippen LogP contribution in [0.15, 0.2) is 71.6 Å². The number of hydrogen-bond acceptors (Lipinski definition) is 5. The molecule has 0 saturated heterocycles. The zero-order chi connectivity index (χ0) is 31.9. The fourth-order valence-electron chi connectivity index (χ4n) is 5.60. The minimum atomic E-state index is -4.21. The normalized spacial score (nSPS) is 14.5. The number of aryl methyl sites for hydroxylation is 2. The molecule has 10 heteroatoms. The molecule has 0 radical (unpaired) electrons. The van der Waals surface area contributed by atoms with Crippen molar-refractivity contribution in [3.8, 4) is 5.75 Å². The van der Waals surface area contributed by atoms with Gasteiger partial charge in [-0.25, -0.2) is 8.42 Å². The van der Waals surface area contributed by atoms with Crippen molar-refractivity contribution >= 4 is 39.1 Å². The Morgan fingerprint density at radius 2 is 1.59 bits per heavy atom. The van der Waals surface area contributed by atoms with Crippen molar-refractivity contribution in [2.45, 2.75) is 82.8 Å². The Morgan fingerprint density at radius 1 is 0.955 bits per heavy atom. The minimum Gasteiger partial charge on any atom is -0.495 e. The largest absolute Gasteiger partial charge is 0.495 e. The van der Waals surface area contributed by atoms with Crippen LogP contribution in [0.1, 0.15) is 62.1 Å². The summed E-state index contributed by atoms with van der Waals surface area (Å²) in [5.74, 6) is -0.432. The van der Waals surface area contributed by atoms with E-state index in [-0.39, 0.29) is 29.1 Å². The number of nitrogens with one attached hydrogen (secondary N) is 1. The summed E-state index contributed by atoms with van der Waals surface area (Å²) in [6.07, 6.45) is 5.43. The zero-order valence-electron chi connectivity index (χ0n) is 25.9. The van der Waals surface area contributed by atoms with Gasteiger partial charge in [-0.05, 0) is 80.6 Å². The number of ether oxygens (including phenoxy) is 1. The molecular formula is C34H42ClN3O5S. The SMILES string of the molecule is CCC(C(=O)NC1CCCCC1)N(Cc1ccc(Cl)cc1)C(=O)CN(c1cc(C)ccc1OC)S(=O)(=O)c1ccc(C)cc1. The lowest BCUT2D eigenvalue weighted by Crippen LogP contribution is -2.54. The Labute approximate surface area is 266 Å². The average molecular weight is 640 g/mol. The highest BCUT2D eigenvalue weighted by atomic mass is 35.5. The first-order valence-corrected chi connectivity index (χ1v) is 16.9. The second kappa shape index (κ2) is 14.9. The molecule has 0 spiro atoms. The Kier molecular flexibility index (Phi) is 11.3. The summed E-state index contributed by atoms with van der Waals surface area (Å²) in [6, 6.07) is 18.0. The first-order valence-electron chi connectivity index (χ1n) is 15.1. The molecule has 3 aromatic rings. The van der Waals surface area contributed by atoms with Gasteiger partial charge in [0, 0.05) is 17.6 Å². The number of benzene rings is 3. The number of rotatable bonds is 12. The standard InChI is InChI=1S/C34H42ClN3O5S/c1-5-30(34(40)36-28-9-7-6-8-10-28)37(22-26-14-16-27(35)17-15-26)33(39)23-38(31-21-25(3)13-20-32(31)43-4)44(41,42)29-18-11-24(2)12-19-29/h11-21,28,30H,5-10,22-23H2,1-4H3,(H,36,40). The molecule has 1 aliphatic carbocycles. The molecule has 4 rings (SSSR count). The van der Waals surface area contributed by atoms with Crippen LogP contribution in [-0.2, 0) is 26.2 Å². The van der Waals surface area contributed by atoms with Crippen LogP contribution < -0.4 is 14.4 Å². The van der Waals surface area contributed by atoms with Crippen LogP contribution >= 0.6 is 11.6 Å². The van der Waals surface area contributed by atoms with E-state index >= 15 is 0 Å². The molecule has 3 aromatic carbocycles. The van der Waals surface area contributed by atoms with Gasteiger partial charge in [0.25, 0.3) is 10.0 Å². The highest BCUT2D eigenvalue weighted by Crippen LogP contribution is 2.34. The van der Waals surface area contributed by atoms with E-state index in [4.69, 9.17) is 16.3 Å². The molecule has 1 N–H and O–H groups in total. The van der Waals surface area contributed by atoms with Crippen molar-refractivity contribution in [1.82, 2.24) is 10.2 Å². The fraction of sp³-hybridized carbons (Fsp3) is 0.412. The molecule has 1 saturated carbocycles. The molecule has 1 aliphatic rings. The lowest BCUT2D eigenvalue weighted by Gasteiger charge is -2.34. The number of carbonyl (C=O) groups is 2. The van der Waals surface area contributed by atoms with Gasteiger partial charge in [-0.1, -0.05) is 73.7 Å². The van der Waals surface area contributed by atoms with Crippen LogP contribution in [-0.4, -0.2) is 50.9 Å². The first-order chi connectivity index (χ1) is 21.0. The molecule has 8 nitrogen and oxygen atoms in total. The molecular weight excluding hydrogens is 598 g/mol. The highest BCUT2D eigenvalue weighted by molar-refractivity contribution is 7.92. The summed E-state index contributed by atoms with van der Waals surface area (Å²) in [7, 11) is -2.75. The molecule has 0 aromatic heterocycles. The molecule has 1 unspecified atom stereocenters. The maximum atomic E-state index is 14.4. The van der Waals surface area contributed by atoms with E-state index in [1.807, 2.05) is 26.8 Å². The monoisotopic (exact) mass is 639 g/mol. The number of hydrogen-bond donors (Lipinski definition) is 1. The number of halogens is 1. The van der Waals surface area contributed by atoms with E-state index in [9.17, 15) is 18.0 Å². The quantitative estimate of drug-likeness (QED) is 0.247. The van der Waals surface area contributed by atoms with E-state index in [1.54, 1.807) is 48.5 Å². The summed E-state index contributed by atoms with van der Waals surface area (Å²) >= 11 is 6.13. The van der Waals surface area contributed by atoms with Crippen molar-refractivity contribution in [2.75, 3.05) is 18.0 Å². The third-order valence-corrected chi connectivity index (χ3v) is 10.1. The second-order valence-corrected chi connectivity index (χ2v) is 13.7. The van der Waals surface area contributed by atoms with Crippen LogP contribution in [0.5, 0.6) is 5.75 Å². The van der Waals surface area contributed by atoms with Crippen molar-refractivity contribution in [1.29, 1.82) is 0 Å². The summed E-state index contributed by atoms with van der Waals surface area (Å²) in [4.78, 5) is 29.6. The van der Waals surface area contributed by atoms with Gasteiger partial charge in [0.15, 0.2) is 0 Å². The van der Waals surface area contributed by atoms with Gasteiger partial charge in [-0.3, -0.25) is 13.9 Å². The van der Waals surface area contributed by atoms with Gasteiger partial charge in [0.05, 0.1) is 17.7 Å². The third-order valence-electron chi connectivity index (χ3n) is 8.09. The summed E-state index contributed by atoms with van der Waals surface area (Å²) in [6.45, 7) is 5.15. The number of anilines is 1. The van der Waals surface area contributed by atoms with Crippen LogP contribution in [0, 0.1) is 13.8 Å². The molecule has 1 fully saturated rings. The molecule has 236 valence electrons. The van der Waals surface area contributed by atoms with Gasteiger partial charge in [-0.15, -0.1) is 0 Å². The van der Waals surface area contributed by atoms with Crippen molar-refractivity contribution in [2.24, 2.45) is 0 Å². The number of amides is 2. The predicted octanol–water partition coefficient (Wildman–Crippen LogP) is 6.42. The van der Waals surface area contributed by atoms with E-state index in [1.165, 1.54) is 24.1 Å². The van der Waals surface area contributed by atoms with Gasteiger partial charge >= 0.3 is 0 Å². The Balaban J connectivity index is 1.75. The maximum Gasteiger partial charge on any atom is 0.264 e. The number of sulfonamides is 1. The molecule has 0 aliphatic heterocycles. The smallest absolute Gasteiger partial charge is 0.264 e. The van der Waals surface area contributed by atoms with Crippen LogP contribution in [0.25, 0.3) is 0 Å². The Morgan fingerprint density at radius 3 is 2.20 bits per heavy atom. The van der Waals surface area contributed by atoms with Crippen LogP contribution in [0.4, 0.5) is 5.69 Å². The highest BCUT2D eigenvalue weighted by Gasteiger charge is 2.35. The van der Waals surface area contributed by atoms with E-state index in [0.717, 1.165) is 53.1 Å². The predicted molar refractivity (Wildman–Crippen MR) is 175 cm³/mol. The van der Waals surface area contributed by atoms with Gasteiger partial charge in [-0.2, -0.15) is 0 Å². The zero-order valence-corrected chi connectivity index (χ0v) is 27.5. The third kappa shape index (κ3) is 8.12. The van der Waals surface area contributed by atoms with Crippen LogP contribution in [0.2, 0.25) is 5.02 Å². The van der Waals surface area contributed by atoms with Gasteiger partial charge in [0.2, 0.25) is 11.8 Å². The summed E-state index contributed by atoms with van der Waals surface area (Å²) < 4.78 is 35.1. The van der Waals surface area contributed by atoms with E-state index in [2.05, 4.69) is 5.32 Å². The van der Waals surface area contributed by atoms with Crippen molar-refractivity contribution < 1.29 is 22.7 Å². The second-order valence-electron chi connectivity index (χ2n) is 11.4. The Hall–Kier alpha value is -3.56. The molecule has 0 heterocycles. The summed E-state index contributed by atoms with van der Waals surface area (Å²) in [5.41, 5.74) is 2.72. The van der Waals surface area contributed by atoms with Crippen LogP contribution in [0.3, 0.4) is 0 Å². The summed E-state index contributed by atoms with van der Waals surface area (Å²) in [5, 5.41) is 3.72. The molecule has 44 heavy (non-hydrogen) atoms. The number of methoxy groups -OCH3 is 1. The minimum absolute atomic E-state index is 0.0470. The first kappa shape index (κ1) is 33.3. The molecule has 0 bridgehead atoms. The Bertz CT molecular complexity index is 1540. The fourth-order valence-corrected chi connectivity index (χ4v) is 7.14. The molecule has 1 atom stereocenters. The topological polar surface area (TPSA) is 96.0 Å². The number of carbonyl (C=O) groups excluding carboxylic acids is 2. The van der Waals surface area contributed by atoms with Gasteiger partial charge in [0.1, 0.15) is 18.3 Å². The lowest BCUT2D eigenvalue weighted by molar-refractivity contribution is -0.140. The van der Waals surface area contributed by atoms with E-state index < -0.39 is 28.5 Å². The number of nitrogens with zero attached hydrogens (tertiary/aromatic N) is 2. The van der Waals surface area contributed by atoms with Gasteiger partial charge < -0.3 is 15.0 Å². The average Bonchev–Trinajstić information content (AvgIpc) is 3.01. The van der Waals surface area contributed by atoms with Crippen molar-refractivity contribution in [3.05, 3.63) is 88.4 Å². The lowest BCUT2D eigenvalue weighted by atomic mass is 9.95.